The zero-order valence-electron chi connectivity index (χ0n) is 9.93. The van der Waals surface area contributed by atoms with Crippen LogP contribution in [0.25, 0.3) is 0 Å². The second-order valence-electron chi connectivity index (χ2n) is 3.63. The van der Waals surface area contributed by atoms with Crippen molar-refractivity contribution in [1.82, 2.24) is 0 Å². The van der Waals surface area contributed by atoms with Gasteiger partial charge in [-0.3, -0.25) is 0 Å². The van der Waals surface area contributed by atoms with Gasteiger partial charge in [-0.2, -0.15) is 0 Å². The number of primary amides is 2. The lowest BCUT2D eigenvalue weighted by molar-refractivity contribution is 0.000811. The van der Waals surface area contributed by atoms with Crippen molar-refractivity contribution in [3.05, 3.63) is 35.4 Å². The van der Waals surface area contributed by atoms with Gasteiger partial charge in [-0.1, -0.05) is 6.07 Å². The van der Waals surface area contributed by atoms with Gasteiger partial charge in [0.1, 0.15) is 17.7 Å². The summed E-state index contributed by atoms with van der Waals surface area (Å²) in [4.78, 5) is 21.4. The van der Waals surface area contributed by atoms with Crippen LogP contribution in [0.2, 0.25) is 0 Å². The van der Waals surface area contributed by atoms with Crippen molar-refractivity contribution in [2.75, 3.05) is 0 Å². The van der Waals surface area contributed by atoms with E-state index >= 15 is 0 Å². The van der Waals surface area contributed by atoms with E-state index in [1.165, 1.54) is 6.92 Å². The average Bonchev–Trinajstić information content (AvgIpc) is 2.25. The van der Waals surface area contributed by atoms with Gasteiger partial charge in [0, 0.05) is 0 Å². The van der Waals surface area contributed by atoms with Crippen LogP contribution in [0.15, 0.2) is 18.2 Å². The molecule has 1 rings (SSSR count). The highest BCUT2D eigenvalue weighted by Crippen LogP contribution is 2.28. The first-order valence-electron chi connectivity index (χ1n) is 5.19. The van der Waals surface area contributed by atoms with Gasteiger partial charge in [0.15, 0.2) is 6.10 Å². The lowest BCUT2D eigenvalue weighted by Crippen LogP contribution is -2.31. The van der Waals surface area contributed by atoms with Crippen molar-refractivity contribution >= 4 is 12.2 Å². The first-order chi connectivity index (χ1) is 8.82. The van der Waals surface area contributed by atoms with Crippen molar-refractivity contribution in [3.8, 4) is 0 Å². The van der Waals surface area contributed by atoms with E-state index in [4.69, 9.17) is 11.5 Å². The number of ether oxygens (including phenoxy) is 2. The monoisotopic (exact) mass is 274 g/mol. The number of carbonyl (C=O) groups is 2. The van der Waals surface area contributed by atoms with Crippen molar-refractivity contribution < 1.29 is 27.8 Å². The number of amides is 2. The van der Waals surface area contributed by atoms with Crippen molar-refractivity contribution in [2.45, 2.75) is 19.1 Å². The number of nitrogens with two attached hydrogens (primary N) is 2. The Hall–Kier alpha value is -2.38. The molecular weight excluding hydrogens is 262 g/mol. The number of benzene rings is 1. The van der Waals surface area contributed by atoms with Gasteiger partial charge in [-0.05, 0) is 19.1 Å². The van der Waals surface area contributed by atoms with E-state index in [0.717, 1.165) is 18.2 Å². The van der Waals surface area contributed by atoms with Crippen molar-refractivity contribution in [1.29, 1.82) is 0 Å². The molecule has 2 atom stereocenters. The molecule has 19 heavy (non-hydrogen) atoms. The summed E-state index contributed by atoms with van der Waals surface area (Å²) in [6.07, 6.45) is -5.20. The third-order valence-electron chi connectivity index (χ3n) is 2.26. The Labute approximate surface area is 107 Å². The Balaban J connectivity index is 3.16. The number of hydrogen-bond donors (Lipinski definition) is 2. The molecule has 0 heterocycles. The van der Waals surface area contributed by atoms with Gasteiger partial charge >= 0.3 is 12.2 Å². The summed E-state index contributed by atoms with van der Waals surface area (Å²) in [7, 11) is 0. The molecule has 0 unspecified atom stereocenters. The van der Waals surface area contributed by atoms with Gasteiger partial charge in [-0.15, -0.1) is 0 Å². The minimum atomic E-state index is -1.54. The number of halogens is 2. The van der Waals surface area contributed by atoms with Gasteiger partial charge in [0.25, 0.3) is 0 Å². The highest BCUT2D eigenvalue weighted by molar-refractivity contribution is 5.66. The highest BCUT2D eigenvalue weighted by atomic mass is 19.1. The molecule has 0 aliphatic rings. The molecule has 6 nitrogen and oxygen atoms in total. The van der Waals surface area contributed by atoms with Crippen LogP contribution in [0.5, 0.6) is 0 Å². The van der Waals surface area contributed by atoms with Crippen molar-refractivity contribution in [3.63, 3.8) is 0 Å². The Morgan fingerprint density at radius 1 is 1.11 bits per heavy atom. The Kier molecular flexibility index (Phi) is 4.62. The molecular formula is C11H12F2N2O4. The molecule has 0 bridgehead atoms. The summed E-state index contributed by atoms with van der Waals surface area (Å²) in [6.45, 7) is 1.25. The number of rotatable bonds is 4. The first kappa shape index (κ1) is 14.7. The van der Waals surface area contributed by atoms with E-state index in [1.807, 2.05) is 0 Å². The molecule has 0 aliphatic heterocycles. The molecule has 0 spiro atoms. The fourth-order valence-electron chi connectivity index (χ4n) is 1.54. The summed E-state index contributed by atoms with van der Waals surface area (Å²) < 4.78 is 36.3. The molecule has 0 aromatic heterocycles. The van der Waals surface area contributed by atoms with Crippen LogP contribution in [0.1, 0.15) is 18.6 Å². The maximum absolute atomic E-state index is 13.6. The van der Waals surface area contributed by atoms with Gasteiger partial charge < -0.3 is 20.9 Å². The van der Waals surface area contributed by atoms with Crippen molar-refractivity contribution in [2.24, 2.45) is 11.5 Å². The topological polar surface area (TPSA) is 105 Å². The lowest BCUT2D eigenvalue weighted by atomic mass is 10.0. The summed E-state index contributed by atoms with van der Waals surface area (Å²) in [6, 6.07) is 3.06. The van der Waals surface area contributed by atoms with Gasteiger partial charge in [-0.25, -0.2) is 18.4 Å². The largest absolute Gasteiger partial charge is 0.442 e. The van der Waals surface area contributed by atoms with E-state index in [0.29, 0.717) is 0 Å². The molecule has 8 heteroatoms. The van der Waals surface area contributed by atoms with Crippen LogP contribution < -0.4 is 11.5 Å². The van der Waals surface area contributed by atoms with E-state index in [-0.39, 0.29) is 0 Å². The fraction of sp³-hybridized carbons (Fsp3) is 0.273. The molecule has 0 aliphatic carbocycles. The summed E-state index contributed by atoms with van der Waals surface area (Å²) in [5.41, 5.74) is 9.04. The normalized spacial score (nSPS) is 13.4. The lowest BCUT2D eigenvalue weighted by Gasteiger charge is -2.23. The highest BCUT2D eigenvalue weighted by Gasteiger charge is 2.30. The average molecular weight is 274 g/mol. The third kappa shape index (κ3) is 3.80. The van der Waals surface area contributed by atoms with E-state index in [2.05, 4.69) is 9.47 Å². The van der Waals surface area contributed by atoms with Crippen LogP contribution in [-0.4, -0.2) is 18.3 Å². The van der Waals surface area contributed by atoms with E-state index in [1.54, 1.807) is 0 Å². The first-order valence-corrected chi connectivity index (χ1v) is 5.19. The third-order valence-corrected chi connectivity index (χ3v) is 2.26. The molecule has 0 saturated carbocycles. The standard InChI is InChI=1S/C11H12F2N2O4/c1-5(18-10(14)16)9(19-11(15)17)8-6(12)3-2-4-7(8)13/h2-5,9H,1H3,(H2,14,16)(H2,15,17)/t5-,9+/m1/s1. The van der Waals surface area contributed by atoms with Crippen LogP contribution in [0.4, 0.5) is 18.4 Å². The molecule has 0 saturated heterocycles. The molecule has 2 amide bonds. The second-order valence-corrected chi connectivity index (χ2v) is 3.63. The predicted octanol–water partition coefficient (Wildman–Crippen LogP) is 1.58. The SMILES string of the molecule is C[C@@H](OC(N)=O)[C@H](OC(N)=O)c1c(F)cccc1F. The Bertz CT molecular complexity index is 475. The predicted molar refractivity (Wildman–Crippen MR) is 59.9 cm³/mol. The maximum Gasteiger partial charge on any atom is 0.405 e. The fourth-order valence-corrected chi connectivity index (χ4v) is 1.54. The summed E-state index contributed by atoms with van der Waals surface area (Å²) >= 11 is 0. The summed E-state index contributed by atoms with van der Waals surface area (Å²) in [5.74, 6) is -1.93. The van der Waals surface area contributed by atoms with Gasteiger partial charge in [0.2, 0.25) is 0 Å². The zero-order valence-corrected chi connectivity index (χ0v) is 9.93. The smallest absolute Gasteiger partial charge is 0.405 e. The van der Waals surface area contributed by atoms with Gasteiger partial charge in [0.05, 0.1) is 5.56 Å². The van der Waals surface area contributed by atoms with Crippen LogP contribution in [0, 0.1) is 11.6 Å². The Morgan fingerprint density at radius 2 is 1.58 bits per heavy atom. The minimum absolute atomic E-state index is 0.574. The quantitative estimate of drug-likeness (QED) is 0.869. The molecule has 4 N–H and O–H groups in total. The van der Waals surface area contributed by atoms with E-state index < -0.39 is 41.6 Å². The molecule has 1 aromatic rings. The van der Waals surface area contributed by atoms with Crippen LogP contribution in [-0.2, 0) is 9.47 Å². The summed E-state index contributed by atoms with van der Waals surface area (Å²) in [5, 5.41) is 0. The Morgan fingerprint density at radius 3 is 2.00 bits per heavy atom. The zero-order chi connectivity index (χ0) is 14.6. The molecule has 0 fully saturated rings. The number of carbonyl (C=O) groups excluding carboxylic acids is 2. The van der Waals surface area contributed by atoms with Crippen LogP contribution >= 0.6 is 0 Å². The minimum Gasteiger partial charge on any atom is -0.442 e. The molecule has 0 radical (unpaired) electrons. The van der Waals surface area contributed by atoms with Crippen LogP contribution in [0.3, 0.4) is 0 Å². The maximum atomic E-state index is 13.6. The second kappa shape index (κ2) is 5.98. The molecule has 104 valence electrons. The van der Waals surface area contributed by atoms with E-state index in [9.17, 15) is 18.4 Å². The number of hydrogen-bond acceptors (Lipinski definition) is 4. The molecule has 1 aromatic carbocycles.